The molecule has 0 atom stereocenters. The number of rotatable bonds is 2. The van der Waals surface area contributed by atoms with Crippen molar-refractivity contribution in [2.24, 2.45) is 0 Å². The van der Waals surface area contributed by atoms with Crippen molar-refractivity contribution in [1.82, 2.24) is 10.2 Å². The summed E-state index contributed by atoms with van der Waals surface area (Å²) >= 11 is 1.53. The highest BCUT2D eigenvalue weighted by Gasteiger charge is 2.28. The number of hydrogen-bond acceptors (Lipinski definition) is 4. The van der Waals surface area contributed by atoms with Crippen LogP contribution in [0.2, 0.25) is 0 Å². The van der Waals surface area contributed by atoms with Gasteiger partial charge in [-0.1, -0.05) is 59.9 Å². The highest BCUT2D eigenvalue weighted by Crippen LogP contribution is 2.44. The van der Waals surface area contributed by atoms with Crippen LogP contribution in [0.25, 0.3) is 11.1 Å². The minimum Gasteiger partial charge on any atom is -0.349 e. The molecular weight excluding hydrogens is 254 g/mol. The molecule has 2 aromatic carbocycles. The Balaban J connectivity index is 1.86. The number of hydrogen-bond donors (Lipinski definition) is 1. The summed E-state index contributed by atoms with van der Waals surface area (Å²) in [6.07, 6.45) is 0. The largest absolute Gasteiger partial charge is 0.349 e. The van der Waals surface area contributed by atoms with E-state index in [4.69, 9.17) is 0 Å². The zero-order valence-electron chi connectivity index (χ0n) is 10.1. The van der Waals surface area contributed by atoms with Crippen molar-refractivity contribution in [3.05, 3.63) is 65.2 Å². The van der Waals surface area contributed by atoms with Gasteiger partial charge in [-0.2, -0.15) is 0 Å². The average Bonchev–Trinajstić information content (AvgIpc) is 3.08. The van der Waals surface area contributed by atoms with Crippen LogP contribution in [0.1, 0.15) is 17.2 Å². The monoisotopic (exact) mass is 265 g/mol. The van der Waals surface area contributed by atoms with E-state index in [1.165, 1.54) is 33.6 Å². The fourth-order valence-corrected chi connectivity index (χ4v) is 3.14. The topological polar surface area (TPSA) is 37.8 Å². The van der Waals surface area contributed by atoms with E-state index < -0.39 is 0 Å². The van der Waals surface area contributed by atoms with Crippen LogP contribution in [0.5, 0.6) is 0 Å². The Morgan fingerprint density at radius 1 is 0.895 bits per heavy atom. The number of aromatic nitrogens is 2. The van der Waals surface area contributed by atoms with Gasteiger partial charge in [0.05, 0.1) is 6.04 Å². The van der Waals surface area contributed by atoms with Gasteiger partial charge < -0.3 is 5.32 Å². The predicted octanol–water partition coefficient (Wildman–Crippen LogP) is 3.72. The second-order valence-corrected chi connectivity index (χ2v) is 5.33. The number of nitrogens with one attached hydrogen (secondary N) is 1. The Kier molecular flexibility index (Phi) is 2.35. The molecule has 0 spiro atoms. The average molecular weight is 265 g/mol. The Morgan fingerprint density at radius 2 is 1.53 bits per heavy atom. The molecule has 0 unspecified atom stereocenters. The molecule has 1 aliphatic rings. The van der Waals surface area contributed by atoms with E-state index in [1.54, 1.807) is 5.51 Å². The highest BCUT2D eigenvalue weighted by atomic mass is 32.1. The van der Waals surface area contributed by atoms with Crippen molar-refractivity contribution >= 4 is 16.5 Å². The molecule has 4 heteroatoms. The second-order valence-electron chi connectivity index (χ2n) is 4.50. The minimum atomic E-state index is 0.167. The summed E-state index contributed by atoms with van der Waals surface area (Å²) in [5.41, 5.74) is 6.97. The maximum absolute atomic E-state index is 4.08. The fraction of sp³-hybridized carbons (Fsp3) is 0.0667. The lowest BCUT2D eigenvalue weighted by atomic mass is 10.1. The van der Waals surface area contributed by atoms with Crippen molar-refractivity contribution in [3.8, 4) is 11.1 Å². The molecular formula is C15H11N3S. The molecule has 0 bridgehead atoms. The summed E-state index contributed by atoms with van der Waals surface area (Å²) in [4.78, 5) is 0. The van der Waals surface area contributed by atoms with E-state index in [2.05, 4.69) is 64.0 Å². The molecule has 1 aromatic heterocycles. The SMILES string of the molecule is c1ccc2c(c1)-c1ccccc1C2Nc1nncs1. The maximum Gasteiger partial charge on any atom is 0.206 e. The van der Waals surface area contributed by atoms with Crippen molar-refractivity contribution < 1.29 is 0 Å². The molecule has 92 valence electrons. The molecule has 0 aliphatic heterocycles. The first kappa shape index (κ1) is 10.7. The van der Waals surface area contributed by atoms with Gasteiger partial charge in [-0.05, 0) is 22.3 Å². The standard InChI is InChI=1S/C15H11N3S/c1-3-7-12-10(5-1)11-6-2-4-8-13(11)14(12)17-15-18-16-9-19-15/h1-9,14H,(H,17,18). The molecule has 3 aromatic rings. The Hall–Kier alpha value is -2.20. The first-order valence-electron chi connectivity index (χ1n) is 6.14. The first-order chi connectivity index (χ1) is 9.43. The smallest absolute Gasteiger partial charge is 0.206 e. The zero-order valence-corrected chi connectivity index (χ0v) is 10.9. The number of fused-ring (bicyclic) bond motifs is 3. The lowest BCUT2D eigenvalue weighted by Gasteiger charge is -2.14. The van der Waals surface area contributed by atoms with Crippen molar-refractivity contribution in [2.75, 3.05) is 5.32 Å². The van der Waals surface area contributed by atoms with Crippen molar-refractivity contribution in [2.45, 2.75) is 6.04 Å². The normalized spacial score (nSPS) is 13.1. The van der Waals surface area contributed by atoms with Crippen molar-refractivity contribution in [1.29, 1.82) is 0 Å². The van der Waals surface area contributed by atoms with E-state index in [0.29, 0.717) is 0 Å². The number of benzene rings is 2. The Bertz CT molecular complexity index is 676. The summed E-state index contributed by atoms with van der Waals surface area (Å²) < 4.78 is 0. The third-order valence-electron chi connectivity index (χ3n) is 3.46. The maximum atomic E-state index is 4.08. The van der Waals surface area contributed by atoms with Crippen LogP contribution in [0.3, 0.4) is 0 Å². The van der Waals surface area contributed by atoms with Crippen LogP contribution in [-0.2, 0) is 0 Å². The molecule has 3 nitrogen and oxygen atoms in total. The first-order valence-corrected chi connectivity index (χ1v) is 7.02. The van der Waals surface area contributed by atoms with Gasteiger partial charge in [-0.15, -0.1) is 10.2 Å². The van der Waals surface area contributed by atoms with Crippen LogP contribution in [0.15, 0.2) is 54.0 Å². The van der Waals surface area contributed by atoms with E-state index in [1.807, 2.05) is 0 Å². The summed E-state index contributed by atoms with van der Waals surface area (Å²) in [5, 5.41) is 12.3. The molecule has 0 saturated heterocycles. The Labute approximate surface area is 115 Å². The lowest BCUT2D eigenvalue weighted by molar-refractivity contribution is 0.951. The van der Waals surface area contributed by atoms with Crippen LogP contribution < -0.4 is 5.32 Å². The van der Waals surface area contributed by atoms with Gasteiger partial charge in [0.25, 0.3) is 0 Å². The van der Waals surface area contributed by atoms with E-state index in [-0.39, 0.29) is 6.04 Å². The predicted molar refractivity (Wildman–Crippen MR) is 77.3 cm³/mol. The second kappa shape index (κ2) is 4.17. The number of anilines is 1. The lowest BCUT2D eigenvalue weighted by Crippen LogP contribution is -2.08. The van der Waals surface area contributed by atoms with Gasteiger partial charge >= 0.3 is 0 Å². The Morgan fingerprint density at radius 3 is 2.11 bits per heavy atom. The van der Waals surface area contributed by atoms with E-state index in [0.717, 1.165) is 5.13 Å². The van der Waals surface area contributed by atoms with Gasteiger partial charge in [0, 0.05) is 0 Å². The van der Waals surface area contributed by atoms with Gasteiger partial charge in [-0.3, -0.25) is 0 Å². The molecule has 0 amide bonds. The summed E-state index contributed by atoms with van der Waals surface area (Å²) in [5.74, 6) is 0. The summed E-state index contributed by atoms with van der Waals surface area (Å²) in [7, 11) is 0. The van der Waals surface area contributed by atoms with Gasteiger partial charge in [0.15, 0.2) is 0 Å². The van der Waals surface area contributed by atoms with Gasteiger partial charge in [0.2, 0.25) is 5.13 Å². The molecule has 0 radical (unpaired) electrons. The molecule has 1 N–H and O–H groups in total. The third-order valence-corrected chi connectivity index (χ3v) is 4.08. The zero-order chi connectivity index (χ0) is 12.7. The molecule has 1 aliphatic carbocycles. The van der Waals surface area contributed by atoms with Crippen LogP contribution >= 0.6 is 11.3 Å². The van der Waals surface area contributed by atoms with Crippen LogP contribution in [0, 0.1) is 0 Å². The van der Waals surface area contributed by atoms with E-state index in [9.17, 15) is 0 Å². The van der Waals surface area contributed by atoms with Crippen LogP contribution in [0.4, 0.5) is 5.13 Å². The molecule has 0 saturated carbocycles. The van der Waals surface area contributed by atoms with Crippen molar-refractivity contribution in [3.63, 3.8) is 0 Å². The van der Waals surface area contributed by atoms with Crippen LogP contribution in [-0.4, -0.2) is 10.2 Å². The third kappa shape index (κ3) is 1.64. The summed E-state index contributed by atoms with van der Waals surface area (Å²) in [6.45, 7) is 0. The minimum absolute atomic E-state index is 0.167. The summed E-state index contributed by atoms with van der Waals surface area (Å²) in [6, 6.07) is 17.2. The fourth-order valence-electron chi connectivity index (χ4n) is 2.67. The molecule has 1 heterocycles. The highest BCUT2D eigenvalue weighted by molar-refractivity contribution is 7.13. The van der Waals surface area contributed by atoms with Gasteiger partial charge in [-0.25, -0.2) is 0 Å². The van der Waals surface area contributed by atoms with Gasteiger partial charge in [0.1, 0.15) is 5.51 Å². The molecule has 0 fully saturated rings. The number of nitrogens with zero attached hydrogens (tertiary/aromatic N) is 2. The molecule has 19 heavy (non-hydrogen) atoms. The van der Waals surface area contributed by atoms with E-state index >= 15 is 0 Å². The quantitative estimate of drug-likeness (QED) is 0.767. The molecule has 4 rings (SSSR count).